The van der Waals surface area contributed by atoms with Crippen LogP contribution in [-0.2, 0) is 6.54 Å². The van der Waals surface area contributed by atoms with E-state index >= 15 is 0 Å². The Labute approximate surface area is 74.3 Å². The molecule has 1 aromatic rings. The van der Waals surface area contributed by atoms with Gasteiger partial charge in [-0.25, -0.2) is 0 Å². The zero-order valence-corrected chi connectivity index (χ0v) is 7.70. The van der Waals surface area contributed by atoms with E-state index < -0.39 is 0 Å². The Kier molecular flexibility index (Phi) is 3.39. The van der Waals surface area contributed by atoms with E-state index in [0.717, 1.165) is 6.54 Å². The molecule has 1 heteroatoms. The van der Waals surface area contributed by atoms with E-state index in [-0.39, 0.29) is 0 Å². The normalized spacial score (nSPS) is 10.5. The number of benzene rings is 1. The van der Waals surface area contributed by atoms with E-state index in [9.17, 15) is 0 Å². The van der Waals surface area contributed by atoms with Crippen LogP contribution in [0.5, 0.6) is 0 Å². The van der Waals surface area contributed by atoms with Gasteiger partial charge in [-0.3, -0.25) is 0 Å². The lowest BCUT2D eigenvalue weighted by molar-refractivity contribution is 0.450. The van der Waals surface area contributed by atoms with Crippen LogP contribution in [0.1, 0.15) is 12.5 Å². The molecule has 0 spiro atoms. The summed E-state index contributed by atoms with van der Waals surface area (Å²) in [4.78, 5) is 2.16. The Morgan fingerprint density at radius 1 is 1.25 bits per heavy atom. The maximum atomic E-state index is 2.16. The van der Waals surface area contributed by atoms with Crippen molar-refractivity contribution in [2.24, 2.45) is 0 Å². The topological polar surface area (TPSA) is 3.24 Å². The van der Waals surface area contributed by atoms with E-state index in [1.54, 1.807) is 0 Å². The Morgan fingerprint density at radius 3 is 2.50 bits per heavy atom. The second kappa shape index (κ2) is 4.60. The van der Waals surface area contributed by atoms with Gasteiger partial charge in [-0.15, -0.1) is 0 Å². The molecule has 0 aliphatic rings. The second-order valence-corrected chi connectivity index (χ2v) is 2.88. The van der Waals surface area contributed by atoms with Crippen molar-refractivity contribution in [3.63, 3.8) is 0 Å². The number of rotatable bonds is 3. The van der Waals surface area contributed by atoms with Crippen LogP contribution in [0.3, 0.4) is 0 Å². The first-order valence-corrected chi connectivity index (χ1v) is 4.20. The Bertz CT molecular complexity index is 238. The second-order valence-electron chi connectivity index (χ2n) is 2.88. The van der Waals surface area contributed by atoms with Crippen LogP contribution in [0.25, 0.3) is 0 Å². The molecule has 0 saturated heterocycles. The molecule has 0 N–H and O–H groups in total. The van der Waals surface area contributed by atoms with Crippen molar-refractivity contribution in [3.05, 3.63) is 48.2 Å². The quantitative estimate of drug-likeness (QED) is 0.658. The number of hydrogen-bond acceptors (Lipinski definition) is 1. The Balaban J connectivity index is 2.52. The van der Waals surface area contributed by atoms with Gasteiger partial charge in [-0.1, -0.05) is 36.4 Å². The molecule has 0 fully saturated rings. The van der Waals surface area contributed by atoms with Gasteiger partial charge >= 0.3 is 0 Å². The summed E-state index contributed by atoms with van der Waals surface area (Å²) in [5.74, 6) is 0. The molecule has 0 aromatic heterocycles. The lowest BCUT2D eigenvalue weighted by Gasteiger charge is -2.13. The maximum Gasteiger partial charge on any atom is 0.0420 e. The average molecular weight is 161 g/mol. The van der Waals surface area contributed by atoms with Gasteiger partial charge in [0.05, 0.1) is 0 Å². The summed E-state index contributed by atoms with van der Waals surface area (Å²) in [7, 11) is 2.08. The van der Waals surface area contributed by atoms with Crippen molar-refractivity contribution in [1.29, 1.82) is 0 Å². The van der Waals surface area contributed by atoms with Gasteiger partial charge in [0.1, 0.15) is 0 Å². The molecule has 0 radical (unpaired) electrons. The zero-order valence-electron chi connectivity index (χ0n) is 7.70. The molecule has 1 aromatic carbocycles. The SMILES string of the molecule is CC=CN(C)Cc1ccccc1. The van der Waals surface area contributed by atoms with E-state index in [0.29, 0.717) is 0 Å². The first-order chi connectivity index (χ1) is 5.83. The molecule has 0 unspecified atom stereocenters. The molecule has 0 bridgehead atoms. The zero-order chi connectivity index (χ0) is 8.81. The fourth-order valence-electron chi connectivity index (χ4n) is 1.18. The fourth-order valence-corrected chi connectivity index (χ4v) is 1.18. The molecule has 12 heavy (non-hydrogen) atoms. The van der Waals surface area contributed by atoms with Crippen molar-refractivity contribution in [3.8, 4) is 0 Å². The number of nitrogens with zero attached hydrogens (tertiary/aromatic N) is 1. The standard InChI is InChI=1S/C11H15N/c1-3-9-12(2)10-11-7-5-4-6-8-11/h3-9H,10H2,1-2H3. The van der Waals surface area contributed by atoms with Crippen LogP contribution in [0.2, 0.25) is 0 Å². The Morgan fingerprint density at radius 2 is 1.92 bits per heavy atom. The summed E-state index contributed by atoms with van der Waals surface area (Å²) in [6.07, 6.45) is 4.12. The summed E-state index contributed by atoms with van der Waals surface area (Å²) < 4.78 is 0. The van der Waals surface area contributed by atoms with Crippen molar-refractivity contribution in [2.45, 2.75) is 13.5 Å². The third kappa shape index (κ3) is 2.79. The molecule has 0 saturated carbocycles. The lowest BCUT2D eigenvalue weighted by Crippen LogP contribution is -2.09. The van der Waals surface area contributed by atoms with Crippen LogP contribution < -0.4 is 0 Å². The monoisotopic (exact) mass is 161 g/mol. The van der Waals surface area contributed by atoms with Crippen LogP contribution in [-0.4, -0.2) is 11.9 Å². The summed E-state index contributed by atoms with van der Waals surface area (Å²) in [6, 6.07) is 10.5. The van der Waals surface area contributed by atoms with Crippen LogP contribution in [0.15, 0.2) is 42.6 Å². The molecule has 0 aliphatic heterocycles. The van der Waals surface area contributed by atoms with E-state index in [1.807, 2.05) is 19.1 Å². The molecule has 1 nitrogen and oxygen atoms in total. The highest BCUT2D eigenvalue weighted by molar-refractivity contribution is 5.14. The van der Waals surface area contributed by atoms with Crippen LogP contribution >= 0.6 is 0 Å². The summed E-state index contributed by atoms with van der Waals surface area (Å²) >= 11 is 0. The van der Waals surface area contributed by atoms with Gasteiger partial charge in [0.15, 0.2) is 0 Å². The molecule has 0 heterocycles. The smallest absolute Gasteiger partial charge is 0.0420 e. The summed E-state index contributed by atoms with van der Waals surface area (Å²) in [5.41, 5.74) is 1.35. The molecule has 0 atom stereocenters. The first kappa shape index (κ1) is 8.85. The highest BCUT2D eigenvalue weighted by atomic mass is 15.1. The van der Waals surface area contributed by atoms with Crippen molar-refractivity contribution >= 4 is 0 Å². The lowest BCUT2D eigenvalue weighted by atomic mass is 10.2. The minimum atomic E-state index is 0.977. The summed E-state index contributed by atoms with van der Waals surface area (Å²) in [6.45, 7) is 3.01. The van der Waals surface area contributed by atoms with Crippen molar-refractivity contribution in [2.75, 3.05) is 7.05 Å². The van der Waals surface area contributed by atoms with Gasteiger partial charge in [0.2, 0.25) is 0 Å². The predicted molar refractivity (Wildman–Crippen MR) is 52.7 cm³/mol. The third-order valence-electron chi connectivity index (χ3n) is 1.68. The van der Waals surface area contributed by atoms with E-state index in [2.05, 4.69) is 42.4 Å². The van der Waals surface area contributed by atoms with Crippen molar-refractivity contribution < 1.29 is 0 Å². The van der Waals surface area contributed by atoms with Gasteiger partial charge in [-0.05, 0) is 18.7 Å². The molecular formula is C11H15N. The number of allylic oxidation sites excluding steroid dienone is 1. The van der Waals surface area contributed by atoms with Crippen molar-refractivity contribution in [1.82, 2.24) is 4.90 Å². The van der Waals surface area contributed by atoms with Gasteiger partial charge < -0.3 is 4.90 Å². The molecule has 64 valence electrons. The largest absolute Gasteiger partial charge is 0.376 e. The molecule has 1 rings (SSSR count). The third-order valence-corrected chi connectivity index (χ3v) is 1.68. The molecule has 0 aliphatic carbocycles. The Hall–Kier alpha value is -1.24. The first-order valence-electron chi connectivity index (χ1n) is 4.20. The molecular weight excluding hydrogens is 146 g/mol. The van der Waals surface area contributed by atoms with Crippen LogP contribution in [0.4, 0.5) is 0 Å². The highest BCUT2D eigenvalue weighted by Crippen LogP contribution is 2.02. The number of hydrogen-bond donors (Lipinski definition) is 0. The molecule has 0 amide bonds. The maximum absolute atomic E-state index is 2.16. The van der Waals surface area contributed by atoms with Gasteiger partial charge in [-0.2, -0.15) is 0 Å². The average Bonchev–Trinajstić information content (AvgIpc) is 2.06. The minimum Gasteiger partial charge on any atom is -0.376 e. The fraction of sp³-hybridized carbons (Fsp3) is 0.273. The van der Waals surface area contributed by atoms with Gasteiger partial charge in [0.25, 0.3) is 0 Å². The summed E-state index contributed by atoms with van der Waals surface area (Å²) in [5, 5.41) is 0. The highest BCUT2D eigenvalue weighted by Gasteiger charge is 1.92. The van der Waals surface area contributed by atoms with Gasteiger partial charge in [0, 0.05) is 13.6 Å². The van der Waals surface area contributed by atoms with E-state index in [4.69, 9.17) is 0 Å². The predicted octanol–water partition coefficient (Wildman–Crippen LogP) is 2.65. The van der Waals surface area contributed by atoms with Crippen LogP contribution in [0, 0.1) is 0 Å². The van der Waals surface area contributed by atoms with E-state index in [1.165, 1.54) is 5.56 Å². The minimum absolute atomic E-state index is 0.977.